The molecule has 2 fully saturated rings. The summed E-state index contributed by atoms with van der Waals surface area (Å²) in [5, 5.41) is 9.68. The van der Waals surface area contributed by atoms with Crippen LogP contribution in [0.2, 0.25) is 0 Å². The maximum Gasteiger partial charge on any atom is 0.0950 e. The van der Waals surface area contributed by atoms with Gasteiger partial charge in [-0.2, -0.15) is 0 Å². The van der Waals surface area contributed by atoms with Crippen LogP contribution in [0.25, 0.3) is 0 Å². The minimum absolute atomic E-state index is 0.244. The van der Waals surface area contributed by atoms with Gasteiger partial charge in [-0.25, -0.2) is 0 Å². The van der Waals surface area contributed by atoms with Crippen molar-refractivity contribution in [3.05, 3.63) is 0 Å². The van der Waals surface area contributed by atoms with Crippen molar-refractivity contribution in [2.45, 2.75) is 19.1 Å². The molecular formula is C10H20N2O2. The Kier molecular flexibility index (Phi) is 3.38. The average Bonchev–Trinajstić information content (AvgIpc) is 2.65. The molecule has 4 heteroatoms. The van der Waals surface area contributed by atoms with Gasteiger partial charge in [0.05, 0.1) is 25.4 Å². The van der Waals surface area contributed by atoms with Crippen LogP contribution in [0.3, 0.4) is 0 Å². The number of hydrogen-bond donors (Lipinski definition) is 1. The molecule has 2 aliphatic rings. The molecule has 0 unspecified atom stereocenters. The molecule has 2 aliphatic heterocycles. The van der Waals surface area contributed by atoms with E-state index in [9.17, 15) is 5.11 Å². The zero-order valence-electron chi connectivity index (χ0n) is 8.85. The van der Waals surface area contributed by atoms with Gasteiger partial charge in [0.25, 0.3) is 0 Å². The van der Waals surface area contributed by atoms with Gasteiger partial charge in [-0.15, -0.1) is 0 Å². The molecule has 0 aromatic rings. The highest BCUT2D eigenvalue weighted by Crippen LogP contribution is 2.15. The summed E-state index contributed by atoms with van der Waals surface area (Å²) in [5.41, 5.74) is 0. The quantitative estimate of drug-likeness (QED) is 0.645. The summed E-state index contributed by atoms with van der Waals surface area (Å²) in [7, 11) is 0. The van der Waals surface area contributed by atoms with Gasteiger partial charge >= 0.3 is 0 Å². The molecule has 0 spiro atoms. The summed E-state index contributed by atoms with van der Waals surface area (Å²) < 4.78 is 5.27. The Labute approximate surface area is 85.4 Å². The maximum absolute atomic E-state index is 9.68. The monoisotopic (exact) mass is 200 g/mol. The van der Waals surface area contributed by atoms with Gasteiger partial charge in [0.15, 0.2) is 0 Å². The van der Waals surface area contributed by atoms with Crippen LogP contribution in [0.15, 0.2) is 0 Å². The topological polar surface area (TPSA) is 35.9 Å². The second-order valence-electron chi connectivity index (χ2n) is 4.14. The van der Waals surface area contributed by atoms with E-state index in [4.69, 9.17) is 4.74 Å². The standard InChI is InChI=1S/C10H20N2O2/c1-2-11-3-5-12(6-4-11)9-7-14-8-10(9)13/h9-10,13H,2-8H2,1H3/t9-,10-/m1/s1. The second-order valence-corrected chi connectivity index (χ2v) is 4.14. The van der Waals surface area contributed by atoms with Gasteiger partial charge in [0, 0.05) is 26.2 Å². The van der Waals surface area contributed by atoms with Crippen molar-refractivity contribution in [1.82, 2.24) is 9.80 Å². The molecule has 2 heterocycles. The van der Waals surface area contributed by atoms with Gasteiger partial charge in [-0.05, 0) is 6.54 Å². The average molecular weight is 200 g/mol. The lowest BCUT2D eigenvalue weighted by molar-refractivity contribution is 0.0459. The summed E-state index contributed by atoms with van der Waals surface area (Å²) in [4.78, 5) is 4.81. The maximum atomic E-state index is 9.68. The molecular weight excluding hydrogens is 180 g/mol. The van der Waals surface area contributed by atoms with Crippen molar-refractivity contribution in [2.24, 2.45) is 0 Å². The van der Waals surface area contributed by atoms with Crippen molar-refractivity contribution >= 4 is 0 Å². The second kappa shape index (κ2) is 4.57. The molecule has 2 saturated heterocycles. The van der Waals surface area contributed by atoms with E-state index in [1.807, 2.05) is 0 Å². The summed E-state index contributed by atoms with van der Waals surface area (Å²) in [6.07, 6.45) is -0.275. The number of rotatable bonds is 2. The zero-order valence-corrected chi connectivity index (χ0v) is 8.85. The SMILES string of the molecule is CCN1CCN([C@@H]2COC[C@H]2O)CC1. The van der Waals surface area contributed by atoms with Crippen LogP contribution in [-0.4, -0.2) is 73.0 Å². The first-order valence-electron chi connectivity index (χ1n) is 5.53. The number of aliphatic hydroxyl groups excluding tert-OH is 1. The van der Waals surface area contributed by atoms with Crippen LogP contribution in [0.5, 0.6) is 0 Å². The van der Waals surface area contributed by atoms with Gasteiger partial charge in [-0.3, -0.25) is 4.90 Å². The first kappa shape index (κ1) is 10.4. The molecule has 0 aromatic heterocycles. The summed E-state index contributed by atoms with van der Waals surface area (Å²) >= 11 is 0. The third-order valence-corrected chi connectivity index (χ3v) is 3.34. The number of piperazine rings is 1. The van der Waals surface area contributed by atoms with E-state index in [-0.39, 0.29) is 12.1 Å². The number of hydrogen-bond acceptors (Lipinski definition) is 4. The fourth-order valence-corrected chi connectivity index (χ4v) is 2.29. The van der Waals surface area contributed by atoms with Crippen molar-refractivity contribution in [1.29, 1.82) is 0 Å². The van der Waals surface area contributed by atoms with E-state index < -0.39 is 0 Å². The molecule has 14 heavy (non-hydrogen) atoms. The Morgan fingerprint density at radius 1 is 1.21 bits per heavy atom. The molecule has 0 saturated carbocycles. The lowest BCUT2D eigenvalue weighted by atomic mass is 10.1. The van der Waals surface area contributed by atoms with Crippen LogP contribution >= 0.6 is 0 Å². The first-order chi connectivity index (χ1) is 6.81. The zero-order chi connectivity index (χ0) is 9.97. The third kappa shape index (κ3) is 2.08. The molecule has 2 atom stereocenters. The van der Waals surface area contributed by atoms with E-state index in [2.05, 4.69) is 16.7 Å². The van der Waals surface area contributed by atoms with Gasteiger partial charge in [-0.1, -0.05) is 6.92 Å². The highest BCUT2D eigenvalue weighted by atomic mass is 16.5. The summed E-state index contributed by atoms with van der Waals surface area (Å²) in [6.45, 7) is 8.93. The molecule has 2 rings (SSSR count). The Morgan fingerprint density at radius 3 is 2.43 bits per heavy atom. The molecule has 0 aliphatic carbocycles. The van der Waals surface area contributed by atoms with E-state index in [1.165, 1.54) is 0 Å². The van der Waals surface area contributed by atoms with Crippen molar-refractivity contribution in [2.75, 3.05) is 45.9 Å². The molecule has 82 valence electrons. The largest absolute Gasteiger partial charge is 0.389 e. The number of aliphatic hydroxyl groups is 1. The smallest absolute Gasteiger partial charge is 0.0950 e. The molecule has 0 amide bonds. The van der Waals surface area contributed by atoms with Crippen LogP contribution < -0.4 is 0 Å². The molecule has 0 aromatic carbocycles. The predicted octanol–water partition coefficient (Wildman–Crippen LogP) is -0.616. The predicted molar refractivity (Wildman–Crippen MR) is 54.3 cm³/mol. The molecule has 4 nitrogen and oxygen atoms in total. The number of ether oxygens (including phenoxy) is 1. The van der Waals surface area contributed by atoms with Crippen LogP contribution in [0.4, 0.5) is 0 Å². The summed E-state index contributed by atoms with van der Waals surface area (Å²) in [5.74, 6) is 0. The normalized spacial score (nSPS) is 36.4. The van der Waals surface area contributed by atoms with Crippen LogP contribution in [-0.2, 0) is 4.74 Å². The fraction of sp³-hybridized carbons (Fsp3) is 1.00. The lowest BCUT2D eigenvalue weighted by Gasteiger charge is -2.37. The molecule has 1 N–H and O–H groups in total. The van der Waals surface area contributed by atoms with Gasteiger partial charge in [0.2, 0.25) is 0 Å². The van der Waals surface area contributed by atoms with Crippen molar-refractivity contribution < 1.29 is 9.84 Å². The minimum atomic E-state index is -0.275. The molecule has 0 radical (unpaired) electrons. The number of nitrogens with zero attached hydrogens (tertiary/aromatic N) is 2. The Bertz CT molecular complexity index is 181. The highest BCUT2D eigenvalue weighted by molar-refractivity contribution is 4.86. The van der Waals surface area contributed by atoms with Crippen molar-refractivity contribution in [3.63, 3.8) is 0 Å². The van der Waals surface area contributed by atoms with Crippen molar-refractivity contribution in [3.8, 4) is 0 Å². The van der Waals surface area contributed by atoms with Crippen LogP contribution in [0.1, 0.15) is 6.92 Å². The first-order valence-corrected chi connectivity index (χ1v) is 5.53. The van der Waals surface area contributed by atoms with E-state index in [1.54, 1.807) is 0 Å². The molecule has 0 bridgehead atoms. The van der Waals surface area contributed by atoms with E-state index in [0.29, 0.717) is 13.2 Å². The Balaban J connectivity index is 1.82. The fourth-order valence-electron chi connectivity index (χ4n) is 2.29. The minimum Gasteiger partial charge on any atom is -0.389 e. The Morgan fingerprint density at radius 2 is 1.93 bits per heavy atom. The lowest BCUT2D eigenvalue weighted by Crippen LogP contribution is -2.53. The van der Waals surface area contributed by atoms with Crippen LogP contribution in [0, 0.1) is 0 Å². The Hall–Kier alpha value is -0.160. The highest BCUT2D eigenvalue weighted by Gasteiger charge is 2.32. The summed E-state index contributed by atoms with van der Waals surface area (Å²) in [6, 6.07) is 0.244. The third-order valence-electron chi connectivity index (χ3n) is 3.34. The number of likely N-dealkylation sites (N-methyl/N-ethyl adjacent to an activating group) is 1. The van der Waals surface area contributed by atoms with Gasteiger partial charge in [0.1, 0.15) is 0 Å². The van der Waals surface area contributed by atoms with Gasteiger partial charge < -0.3 is 14.7 Å². The van der Waals surface area contributed by atoms with E-state index in [0.717, 1.165) is 32.7 Å². The van der Waals surface area contributed by atoms with E-state index >= 15 is 0 Å².